The summed E-state index contributed by atoms with van der Waals surface area (Å²) < 4.78 is 32.0. The van der Waals surface area contributed by atoms with Crippen LogP contribution < -0.4 is 4.31 Å². The minimum Gasteiger partial charge on any atom is -0.467 e. The van der Waals surface area contributed by atoms with Crippen LogP contribution in [0.4, 0.5) is 5.69 Å². The third-order valence-corrected chi connectivity index (χ3v) is 6.04. The van der Waals surface area contributed by atoms with E-state index in [9.17, 15) is 18.0 Å². The SMILES string of the molecule is CCc1ccccc1N1C(C(=O)OC)C(=O)c2ccccc2S1(=O)=O. The zero-order chi connectivity index (χ0) is 18.2. The highest BCUT2D eigenvalue weighted by molar-refractivity contribution is 7.93. The number of ether oxygens (including phenoxy) is 1. The number of benzene rings is 2. The van der Waals surface area contributed by atoms with Crippen LogP contribution in [0.15, 0.2) is 53.4 Å². The number of hydrogen-bond acceptors (Lipinski definition) is 5. The number of rotatable bonds is 3. The van der Waals surface area contributed by atoms with Crippen molar-refractivity contribution in [2.24, 2.45) is 0 Å². The first kappa shape index (κ1) is 17.2. The Labute approximate surface area is 146 Å². The molecule has 7 heteroatoms. The van der Waals surface area contributed by atoms with Crippen LogP contribution >= 0.6 is 0 Å². The molecule has 0 aromatic heterocycles. The first-order valence-electron chi connectivity index (χ1n) is 7.77. The van der Waals surface area contributed by atoms with Gasteiger partial charge in [0.25, 0.3) is 10.0 Å². The molecular weight excluding hydrogens is 342 g/mol. The molecule has 0 saturated carbocycles. The van der Waals surface area contributed by atoms with Crippen molar-refractivity contribution in [3.8, 4) is 0 Å². The third-order valence-electron chi connectivity index (χ3n) is 4.21. The van der Waals surface area contributed by atoms with Gasteiger partial charge in [-0.25, -0.2) is 17.5 Å². The van der Waals surface area contributed by atoms with Gasteiger partial charge < -0.3 is 4.74 Å². The lowest BCUT2D eigenvalue weighted by Gasteiger charge is -2.35. The van der Waals surface area contributed by atoms with Crippen LogP contribution in [-0.2, 0) is 26.0 Å². The van der Waals surface area contributed by atoms with E-state index in [0.29, 0.717) is 17.7 Å². The van der Waals surface area contributed by atoms with Gasteiger partial charge in [0.05, 0.1) is 17.7 Å². The molecule has 0 fully saturated rings. The lowest BCUT2D eigenvalue weighted by atomic mass is 10.0. The fourth-order valence-corrected chi connectivity index (χ4v) is 4.81. The normalized spacial score (nSPS) is 18.6. The lowest BCUT2D eigenvalue weighted by Crippen LogP contribution is -2.54. The maximum atomic E-state index is 13.2. The molecule has 0 N–H and O–H groups in total. The van der Waals surface area contributed by atoms with Crippen molar-refractivity contribution in [1.29, 1.82) is 0 Å². The Kier molecular flexibility index (Phi) is 4.34. The molecule has 0 amide bonds. The van der Waals surface area contributed by atoms with Crippen molar-refractivity contribution in [3.05, 3.63) is 59.7 Å². The standard InChI is InChI=1S/C18H17NO5S/c1-3-12-8-4-6-10-14(12)19-16(18(21)24-2)17(20)13-9-5-7-11-15(13)25(19,22)23/h4-11,16H,3H2,1-2H3. The number of carbonyl (C=O) groups is 2. The minimum atomic E-state index is -4.09. The molecular formula is C18H17NO5S. The van der Waals surface area contributed by atoms with Crippen molar-refractivity contribution in [2.75, 3.05) is 11.4 Å². The van der Waals surface area contributed by atoms with Crippen molar-refractivity contribution < 1.29 is 22.7 Å². The van der Waals surface area contributed by atoms with Crippen molar-refractivity contribution in [2.45, 2.75) is 24.3 Å². The number of carbonyl (C=O) groups excluding carboxylic acids is 2. The van der Waals surface area contributed by atoms with Crippen LogP contribution in [0.25, 0.3) is 0 Å². The Hall–Kier alpha value is -2.67. The van der Waals surface area contributed by atoms with E-state index in [-0.39, 0.29) is 10.5 Å². The number of fused-ring (bicyclic) bond motifs is 1. The fraction of sp³-hybridized carbons (Fsp3) is 0.222. The molecule has 0 saturated heterocycles. The summed E-state index contributed by atoms with van der Waals surface area (Å²) in [5, 5.41) is 0. The highest BCUT2D eigenvalue weighted by Crippen LogP contribution is 2.36. The summed E-state index contributed by atoms with van der Waals surface area (Å²) in [5.41, 5.74) is 1.03. The number of sulfonamides is 1. The van der Waals surface area contributed by atoms with E-state index in [0.717, 1.165) is 11.4 Å². The molecule has 3 rings (SSSR count). The van der Waals surface area contributed by atoms with Crippen LogP contribution in [0.1, 0.15) is 22.8 Å². The summed E-state index contributed by atoms with van der Waals surface area (Å²) in [4.78, 5) is 25.1. The number of nitrogens with zero attached hydrogens (tertiary/aromatic N) is 1. The first-order chi connectivity index (χ1) is 11.9. The fourth-order valence-electron chi connectivity index (χ4n) is 3.00. The average molecular weight is 359 g/mol. The summed E-state index contributed by atoms with van der Waals surface area (Å²) in [6, 6.07) is 11.1. The molecule has 6 nitrogen and oxygen atoms in total. The molecule has 0 radical (unpaired) electrons. The summed E-state index contributed by atoms with van der Waals surface area (Å²) in [6.07, 6.45) is 0.548. The largest absolute Gasteiger partial charge is 0.467 e. The Bertz CT molecular complexity index is 951. The zero-order valence-corrected chi connectivity index (χ0v) is 14.6. The van der Waals surface area contributed by atoms with Crippen LogP contribution in [0.3, 0.4) is 0 Å². The molecule has 130 valence electrons. The highest BCUT2D eigenvalue weighted by Gasteiger charge is 2.48. The molecule has 1 atom stereocenters. The number of ketones is 1. The minimum absolute atomic E-state index is 0.00290. The van der Waals surface area contributed by atoms with Crippen molar-refractivity contribution >= 4 is 27.5 Å². The molecule has 1 aliphatic heterocycles. The third kappa shape index (κ3) is 2.60. The smallest absolute Gasteiger partial charge is 0.337 e. The zero-order valence-electron chi connectivity index (χ0n) is 13.8. The molecule has 1 unspecified atom stereocenters. The Balaban J connectivity index is 2.34. The van der Waals surface area contributed by atoms with Crippen molar-refractivity contribution in [3.63, 3.8) is 0 Å². The number of anilines is 1. The Morgan fingerprint density at radius 1 is 1.12 bits per heavy atom. The molecule has 0 spiro atoms. The number of esters is 1. The number of methoxy groups -OCH3 is 1. The van der Waals surface area contributed by atoms with E-state index in [1.165, 1.54) is 12.1 Å². The van der Waals surface area contributed by atoms with Crippen LogP contribution in [-0.4, -0.2) is 33.3 Å². The quantitative estimate of drug-likeness (QED) is 0.620. The van der Waals surface area contributed by atoms with Gasteiger partial charge in [0.15, 0.2) is 5.78 Å². The van der Waals surface area contributed by atoms with Crippen LogP contribution in [0.5, 0.6) is 0 Å². The molecule has 1 aliphatic rings. The average Bonchev–Trinajstić information content (AvgIpc) is 2.64. The van der Waals surface area contributed by atoms with Gasteiger partial charge in [0.2, 0.25) is 6.04 Å². The topological polar surface area (TPSA) is 80.8 Å². The molecule has 2 aromatic carbocycles. The monoisotopic (exact) mass is 359 g/mol. The van der Waals surface area contributed by atoms with Gasteiger partial charge in [-0.1, -0.05) is 37.3 Å². The van der Waals surface area contributed by atoms with E-state index in [4.69, 9.17) is 4.74 Å². The number of Topliss-reactive ketones (excluding diaryl/α,β-unsaturated/α-hetero) is 1. The van der Waals surface area contributed by atoms with Gasteiger partial charge in [0, 0.05) is 5.56 Å². The van der Waals surface area contributed by atoms with Crippen LogP contribution in [0.2, 0.25) is 0 Å². The van der Waals surface area contributed by atoms with Gasteiger partial charge in [-0.05, 0) is 30.2 Å². The maximum Gasteiger partial charge on any atom is 0.337 e. The number of para-hydroxylation sites is 1. The Morgan fingerprint density at radius 3 is 2.44 bits per heavy atom. The molecule has 1 heterocycles. The van der Waals surface area contributed by atoms with Gasteiger partial charge >= 0.3 is 5.97 Å². The van der Waals surface area contributed by atoms with Gasteiger partial charge in [0.1, 0.15) is 0 Å². The van der Waals surface area contributed by atoms with Gasteiger partial charge in [-0.15, -0.1) is 0 Å². The second kappa shape index (κ2) is 6.33. The van der Waals surface area contributed by atoms with Gasteiger partial charge in [-0.2, -0.15) is 0 Å². The summed E-state index contributed by atoms with van der Waals surface area (Å²) in [6.45, 7) is 1.87. The van der Waals surface area contributed by atoms with E-state index >= 15 is 0 Å². The molecule has 0 bridgehead atoms. The second-order valence-corrected chi connectivity index (χ2v) is 7.35. The van der Waals surface area contributed by atoms with Gasteiger partial charge in [-0.3, -0.25) is 4.79 Å². The van der Waals surface area contributed by atoms with E-state index in [1.807, 2.05) is 6.92 Å². The van der Waals surface area contributed by atoms with E-state index < -0.39 is 27.8 Å². The summed E-state index contributed by atoms with van der Waals surface area (Å²) >= 11 is 0. The second-order valence-electron chi connectivity index (χ2n) is 5.57. The maximum absolute atomic E-state index is 13.2. The predicted octanol–water partition coefficient (Wildman–Crippen LogP) is 2.18. The highest BCUT2D eigenvalue weighted by atomic mass is 32.2. The number of hydrogen-bond donors (Lipinski definition) is 0. The Morgan fingerprint density at radius 2 is 1.76 bits per heavy atom. The predicted molar refractivity (Wildman–Crippen MR) is 92.1 cm³/mol. The van der Waals surface area contributed by atoms with Crippen LogP contribution in [0, 0.1) is 0 Å². The number of aryl methyl sites for hydroxylation is 1. The molecule has 0 aliphatic carbocycles. The summed E-state index contributed by atoms with van der Waals surface area (Å²) in [5.74, 6) is -1.50. The van der Waals surface area contributed by atoms with Crippen molar-refractivity contribution in [1.82, 2.24) is 0 Å². The molecule has 25 heavy (non-hydrogen) atoms. The first-order valence-corrected chi connectivity index (χ1v) is 9.21. The van der Waals surface area contributed by atoms with E-state index in [2.05, 4.69) is 0 Å². The lowest BCUT2D eigenvalue weighted by molar-refractivity contribution is -0.140. The van der Waals surface area contributed by atoms with E-state index in [1.54, 1.807) is 36.4 Å². The molecule has 2 aromatic rings. The summed E-state index contributed by atoms with van der Waals surface area (Å²) in [7, 11) is -2.96.